The largest absolute Gasteiger partial charge is 0.366 e. The zero-order valence-corrected chi connectivity index (χ0v) is 13.5. The summed E-state index contributed by atoms with van der Waals surface area (Å²) in [5, 5.41) is 1.92. The summed E-state index contributed by atoms with van der Waals surface area (Å²) in [5.41, 5.74) is -0.609. The van der Waals surface area contributed by atoms with Crippen LogP contribution in [0.2, 0.25) is 0 Å². The second kappa shape index (κ2) is 4.62. The molecule has 0 aliphatic carbocycles. The van der Waals surface area contributed by atoms with Crippen LogP contribution in [0.1, 0.15) is 37.4 Å². The zero-order valence-electron chi connectivity index (χ0n) is 11.1. The fourth-order valence-electron chi connectivity index (χ4n) is 2.52. The van der Waals surface area contributed by atoms with Crippen LogP contribution >= 0.6 is 27.3 Å². The van der Waals surface area contributed by atoms with Crippen molar-refractivity contribution in [3.8, 4) is 0 Å². The van der Waals surface area contributed by atoms with Gasteiger partial charge in [-0.15, -0.1) is 11.3 Å². The Balaban J connectivity index is 2.23. The van der Waals surface area contributed by atoms with E-state index in [9.17, 15) is 4.79 Å². The van der Waals surface area contributed by atoms with Gasteiger partial charge in [-0.1, -0.05) is 0 Å². The summed E-state index contributed by atoms with van der Waals surface area (Å²) in [4.78, 5) is 15.2. The fraction of sp³-hybridized carbons (Fsp3) is 0.615. The molecule has 2 heterocycles. The molecule has 0 aromatic carbocycles. The van der Waals surface area contributed by atoms with Crippen molar-refractivity contribution in [3.05, 3.63) is 20.8 Å². The third-order valence-corrected chi connectivity index (χ3v) is 4.62. The van der Waals surface area contributed by atoms with Crippen LogP contribution < -0.4 is 0 Å². The number of ether oxygens (including phenoxy) is 1. The molecule has 0 spiro atoms. The molecular weight excluding hydrogens is 314 g/mol. The first-order valence-corrected chi connectivity index (χ1v) is 7.60. The van der Waals surface area contributed by atoms with Crippen molar-refractivity contribution < 1.29 is 9.53 Å². The molecule has 1 aliphatic rings. The second-order valence-electron chi connectivity index (χ2n) is 5.88. The number of hydrogen-bond donors (Lipinski definition) is 0. The van der Waals surface area contributed by atoms with E-state index >= 15 is 0 Å². The number of amides is 1. The van der Waals surface area contributed by atoms with Gasteiger partial charge in [0.25, 0.3) is 5.91 Å². The molecule has 1 fully saturated rings. The molecule has 0 saturated carbocycles. The monoisotopic (exact) mass is 331 g/mol. The van der Waals surface area contributed by atoms with Crippen LogP contribution in [0.4, 0.5) is 0 Å². The van der Waals surface area contributed by atoms with Crippen molar-refractivity contribution in [2.75, 3.05) is 13.1 Å². The number of carbonyl (C=O) groups excluding carboxylic acids is 1. The molecule has 0 N–H and O–H groups in total. The third kappa shape index (κ3) is 2.95. The van der Waals surface area contributed by atoms with E-state index in [1.807, 2.05) is 44.0 Å². The van der Waals surface area contributed by atoms with Crippen LogP contribution in [-0.2, 0) is 4.74 Å². The maximum atomic E-state index is 12.5. The highest BCUT2D eigenvalue weighted by Gasteiger charge is 2.40. The number of rotatable bonds is 1. The molecule has 1 aromatic heterocycles. The predicted octanol–water partition coefficient (Wildman–Crippen LogP) is 3.54. The van der Waals surface area contributed by atoms with E-state index in [2.05, 4.69) is 15.9 Å². The number of thiophene rings is 1. The van der Waals surface area contributed by atoms with Gasteiger partial charge in [0.2, 0.25) is 0 Å². The van der Waals surface area contributed by atoms with Gasteiger partial charge in [0.15, 0.2) is 0 Å². The Kier molecular flexibility index (Phi) is 3.60. The molecule has 0 bridgehead atoms. The van der Waals surface area contributed by atoms with E-state index in [4.69, 9.17) is 4.74 Å². The molecule has 1 amide bonds. The van der Waals surface area contributed by atoms with Gasteiger partial charge < -0.3 is 9.64 Å². The highest BCUT2D eigenvalue weighted by molar-refractivity contribution is 9.10. The normalized spacial score (nSPS) is 21.9. The summed E-state index contributed by atoms with van der Waals surface area (Å²) in [6.45, 7) is 9.35. The van der Waals surface area contributed by atoms with Crippen LogP contribution in [0.25, 0.3) is 0 Å². The molecule has 18 heavy (non-hydrogen) atoms. The van der Waals surface area contributed by atoms with Crippen molar-refractivity contribution in [1.29, 1.82) is 0 Å². The first kappa shape index (κ1) is 14.0. The minimum Gasteiger partial charge on any atom is -0.366 e. The number of carbonyl (C=O) groups is 1. The first-order valence-electron chi connectivity index (χ1n) is 5.93. The number of nitrogens with zero attached hydrogens (tertiary/aromatic N) is 1. The predicted molar refractivity (Wildman–Crippen MR) is 77.2 cm³/mol. The van der Waals surface area contributed by atoms with E-state index in [0.717, 1.165) is 9.35 Å². The topological polar surface area (TPSA) is 29.5 Å². The van der Waals surface area contributed by atoms with E-state index in [1.165, 1.54) is 11.3 Å². The van der Waals surface area contributed by atoms with E-state index in [1.54, 1.807) is 0 Å². The Labute approximate surface area is 120 Å². The van der Waals surface area contributed by atoms with Gasteiger partial charge in [0.1, 0.15) is 4.88 Å². The Morgan fingerprint density at radius 3 is 2.33 bits per heavy atom. The Bertz CT molecular complexity index is 451. The summed E-state index contributed by atoms with van der Waals surface area (Å²) in [6, 6.07) is 1.91. The smallest absolute Gasteiger partial charge is 0.265 e. The van der Waals surface area contributed by atoms with Gasteiger partial charge in [-0.25, -0.2) is 0 Å². The van der Waals surface area contributed by atoms with Crippen molar-refractivity contribution >= 4 is 33.2 Å². The summed E-state index contributed by atoms with van der Waals surface area (Å²) < 4.78 is 6.86. The van der Waals surface area contributed by atoms with Crippen molar-refractivity contribution in [2.24, 2.45) is 0 Å². The minimum absolute atomic E-state index is 0.0846. The fourth-order valence-corrected chi connectivity index (χ4v) is 4.03. The lowest BCUT2D eigenvalue weighted by Gasteiger charge is -2.47. The maximum absolute atomic E-state index is 12.5. The summed E-state index contributed by atoms with van der Waals surface area (Å²) in [5.74, 6) is 0.0846. The number of morpholine rings is 1. The lowest BCUT2D eigenvalue weighted by Crippen LogP contribution is -2.58. The first-order chi connectivity index (χ1) is 8.20. The zero-order chi connectivity index (χ0) is 13.6. The average molecular weight is 332 g/mol. The molecule has 5 heteroatoms. The van der Waals surface area contributed by atoms with Gasteiger partial charge in [-0.3, -0.25) is 4.79 Å². The molecule has 0 radical (unpaired) electrons. The summed E-state index contributed by atoms with van der Waals surface area (Å²) >= 11 is 4.89. The van der Waals surface area contributed by atoms with Crippen molar-refractivity contribution in [1.82, 2.24) is 4.90 Å². The highest BCUT2D eigenvalue weighted by Crippen LogP contribution is 2.31. The van der Waals surface area contributed by atoms with Gasteiger partial charge in [-0.05, 0) is 55.1 Å². The molecule has 0 atom stereocenters. The van der Waals surface area contributed by atoms with Gasteiger partial charge in [-0.2, -0.15) is 0 Å². The highest BCUT2D eigenvalue weighted by atomic mass is 79.9. The molecule has 0 unspecified atom stereocenters. The van der Waals surface area contributed by atoms with Gasteiger partial charge in [0.05, 0.1) is 11.2 Å². The van der Waals surface area contributed by atoms with Gasteiger partial charge in [0, 0.05) is 17.6 Å². The molecule has 100 valence electrons. The second-order valence-corrected chi connectivity index (χ2v) is 7.65. The maximum Gasteiger partial charge on any atom is 0.265 e. The van der Waals surface area contributed by atoms with E-state index < -0.39 is 0 Å². The minimum atomic E-state index is -0.304. The Morgan fingerprint density at radius 1 is 1.33 bits per heavy atom. The Morgan fingerprint density at radius 2 is 1.89 bits per heavy atom. The van der Waals surface area contributed by atoms with Gasteiger partial charge >= 0.3 is 0 Å². The number of hydrogen-bond acceptors (Lipinski definition) is 3. The van der Waals surface area contributed by atoms with Crippen molar-refractivity contribution in [3.63, 3.8) is 0 Å². The van der Waals surface area contributed by atoms with Crippen LogP contribution in [0.3, 0.4) is 0 Å². The summed E-state index contributed by atoms with van der Waals surface area (Å²) in [6.07, 6.45) is 0. The molecular formula is C13H18BrNO2S. The quantitative estimate of drug-likeness (QED) is 0.787. The Hall–Kier alpha value is -0.390. The lowest BCUT2D eigenvalue weighted by atomic mass is 9.99. The van der Waals surface area contributed by atoms with E-state index in [-0.39, 0.29) is 17.1 Å². The van der Waals surface area contributed by atoms with Crippen LogP contribution in [0, 0.1) is 0 Å². The summed E-state index contributed by atoms with van der Waals surface area (Å²) in [7, 11) is 0. The standard InChI is InChI=1S/C13H18BrNO2S/c1-12(2)7-15(8-13(3,4)17-12)11(16)10-9(14)5-6-18-10/h5-6H,7-8H2,1-4H3. The number of halogens is 1. The molecule has 1 saturated heterocycles. The van der Waals surface area contributed by atoms with Crippen LogP contribution in [0.15, 0.2) is 15.9 Å². The van der Waals surface area contributed by atoms with Crippen LogP contribution in [-0.4, -0.2) is 35.1 Å². The SMILES string of the molecule is CC1(C)CN(C(=O)c2sccc2Br)CC(C)(C)O1. The lowest BCUT2D eigenvalue weighted by molar-refractivity contribution is -0.171. The molecule has 1 aliphatic heterocycles. The molecule has 1 aromatic rings. The van der Waals surface area contributed by atoms with E-state index in [0.29, 0.717) is 13.1 Å². The molecule has 3 nitrogen and oxygen atoms in total. The van der Waals surface area contributed by atoms with Crippen LogP contribution in [0.5, 0.6) is 0 Å². The molecule has 2 rings (SSSR count). The average Bonchev–Trinajstić information content (AvgIpc) is 2.58. The van der Waals surface area contributed by atoms with Crippen molar-refractivity contribution in [2.45, 2.75) is 38.9 Å². The third-order valence-electron chi connectivity index (χ3n) is 2.79.